The van der Waals surface area contributed by atoms with Crippen LogP contribution in [-0.2, 0) is 4.79 Å². The van der Waals surface area contributed by atoms with Gasteiger partial charge in [0.05, 0.1) is 5.56 Å². The molecule has 1 amide bonds. The van der Waals surface area contributed by atoms with E-state index in [2.05, 4.69) is 9.88 Å². The Hall–Kier alpha value is -2.63. The van der Waals surface area contributed by atoms with Crippen LogP contribution in [0.3, 0.4) is 0 Å². The zero-order chi connectivity index (χ0) is 15.7. The van der Waals surface area contributed by atoms with E-state index in [4.69, 9.17) is 5.11 Å². The van der Waals surface area contributed by atoms with Gasteiger partial charge in [0.25, 0.3) is 0 Å². The van der Waals surface area contributed by atoms with Crippen LogP contribution >= 0.6 is 0 Å². The Bertz CT molecular complexity index is 736. The highest BCUT2D eigenvalue weighted by molar-refractivity contribution is 5.98. The van der Waals surface area contributed by atoms with Gasteiger partial charge in [0.1, 0.15) is 5.82 Å². The molecule has 0 unspecified atom stereocenters. The van der Waals surface area contributed by atoms with E-state index in [1.54, 1.807) is 31.3 Å². The summed E-state index contributed by atoms with van der Waals surface area (Å²) >= 11 is 0. The summed E-state index contributed by atoms with van der Waals surface area (Å²) in [6, 6.07) is 6.94. The number of hydrogen-bond donors (Lipinski definition) is 1. The first kappa shape index (κ1) is 14.3. The zero-order valence-electron chi connectivity index (χ0n) is 12.3. The Kier molecular flexibility index (Phi) is 3.66. The summed E-state index contributed by atoms with van der Waals surface area (Å²) in [5.41, 5.74) is 0.254. The molecule has 6 nitrogen and oxygen atoms in total. The van der Waals surface area contributed by atoms with Crippen molar-refractivity contribution in [3.8, 4) is 0 Å². The number of rotatable bonds is 2. The van der Waals surface area contributed by atoms with Crippen LogP contribution < -0.4 is 4.90 Å². The van der Waals surface area contributed by atoms with Gasteiger partial charge in [-0.05, 0) is 23.6 Å². The molecule has 6 heteroatoms. The van der Waals surface area contributed by atoms with Crippen LogP contribution in [0.5, 0.6) is 0 Å². The molecular formula is C16H17N3O3. The van der Waals surface area contributed by atoms with E-state index < -0.39 is 5.97 Å². The minimum absolute atomic E-state index is 0.0821. The third-order valence-electron chi connectivity index (χ3n) is 4.02. The van der Waals surface area contributed by atoms with Gasteiger partial charge in [-0.3, -0.25) is 4.79 Å². The van der Waals surface area contributed by atoms with E-state index in [0.717, 1.165) is 16.6 Å². The maximum atomic E-state index is 11.4. The smallest absolute Gasteiger partial charge is 0.335 e. The number of carbonyl (C=O) groups excluding carboxylic acids is 1. The maximum absolute atomic E-state index is 11.4. The molecule has 1 aromatic heterocycles. The van der Waals surface area contributed by atoms with Gasteiger partial charge < -0.3 is 14.9 Å². The highest BCUT2D eigenvalue weighted by Gasteiger charge is 2.21. The van der Waals surface area contributed by atoms with Gasteiger partial charge >= 0.3 is 5.97 Å². The van der Waals surface area contributed by atoms with Crippen molar-refractivity contribution in [2.45, 2.75) is 6.92 Å². The monoisotopic (exact) mass is 299 g/mol. The Morgan fingerprint density at radius 1 is 1.14 bits per heavy atom. The number of nitrogens with zero attached hydrogens (tertiary/aromatic N) is 3. The predicted molar refractivity (Wildman–Crippen MR) is 83.2 cm³/mol. The quantitative estimate of drug-likeness (QED) is 0.912. The van der Waals surface area contributed by atoms with Crippen LogP contribution in [0.25, 0.3) is 10.8 Å². The van der Waals surface area contributed by atoms with Crippen LogP contribution in [-0.4, -0.2) is 53.0 Å². The molecule has 0 atom stereocenters. The van der Waals surface area contributed by atoms with Gasteiger partial charge in [-0.15, -0.1) is 0 Å². The summed E-state index contributed by atoms with van der Waals surface area (Å²) in [5, 5.41) is 11.0. The van der Waals surface area contributed by atoms with Gasteiger partial charge in [-0.1, -0.05) is 6.07 Å². The third kappa shape index (κ3) is 2.59. The molecule has 114 valence electrons. The van der Waals surface area contributed by atoms with Crippen LogP contribution in [0, 0.1) is 0 Å². The first-order valence-electron chi connectivity index (χ1n) is 7.19. The lowest BCUT2D eigenvalue weighted by atomic mass is 10.1. The predicted octanol–water partition coefficient (Wildman–Crippen LogP) is 1.60. The molecule has 0 radical (unpaired) electrons. The number of fused-ring (bicyclic) bond motifs is 1. The zero-order valence-corrected chi connectivity index (χ0v) is 12.3. The van der Waals surface area contributed by atoms with E-state index in [0.29, 0.717) is 26.2 Å². The van der Waals surface area contributed by atoms with Crippen molar-refractivity contribution in [1.82, 2.24) is 9.88 Å². The third-order valence-corrected chi connectivity index (χ3v) is 4.02. The molecule has 2 aromatic rings. The number of pyridine rings is 1. The molecule has 0 bridgehead atoms. The molecular weight excluding hydrogens is 282 g/mol. The van der Waals surface area contributed by atoms with Crippen molar-refractivity contribution < 1.29 is 14.7 Å². The summed E-state index contributed by atoms with van der Waals surface area (Å²) in [5.74, 6) is -0.0828. The fourth-order valence-corrected chi connectivity index (χ4v) is 2.77. The molecule has 0 saturated carbocycles. The minimum Gasteiger partial charge on any atom is -0.478 e. The largest absolute Gasteiger partial charge is 0.478 e. The number of amides is 1. The fourth-order valence-electron chi connectivity index (χ4n) is 2.77. The van der Waals surface area contributed by atoms with E-state index >= 15 is 0 Å². The van der Waals surface area contributed by atoms with Gasteiger partial charge in [0.2, 0.25) is 5.91 Å². The average Bonchev–Trinajstić information content (AvgIpc) is 2.53. The molecule has 0 spiro atoms. The summed E-state index contributed by atoms with van der Waals surface area (Å²) in [4.78, 5) is 30.9. The lowest BCUT2D eigenvalue weighted by Gasteiger charge is -2.35. The van der Waals surface area contributed by atoms with Crippen LogP contribution in [0.2, 0.25) is 0 Å². The molecule has 3 rings (SSSR count). The first-order chi connectivity index (χ1) is 10.6. The van der Waals surface area contributed by atoms with Crippen LogP contribution in [0.4, 0.5) is 5.82 Å². The normalized spacial score (nSPS) is 15.1. The number of hydrogen-bond acceptors (Lipinski definition) is 4. The van der Waals surface area contributed by atoms with E-state index in [9.17, 15) is 9.59 Å². The number of carboxylic acid groups (broad SMARTS) is 1. The van der Waals surface area contributed by atoms with Gasteiger partial charge in [0.15, 0.2) is 0 Å². The minimum atomic E-state index is -0.946. The van der Waals surface area contributed by atoms with Gasteiger partial charge in [0, 0.05) is 44.7 Å². The lowest BCUT2D eigenvalue weighted by Crippen LogP contribution is -2.48. The SMILES string of the molecule is CC(=O)N1CCN(c2nccc3ccc(C(=O)O)cc23)CC1. The van der Waals surface area contributed by atoms with Crippen molar-refractivity contribution in [3.63, 3.8) is 0 Å². The molecule has 1 aromatic carbocycles. The summed E-state index contributed by atoms with van der Waals surface area (Å²) in [6.45, 7) is 4.29. The number of piperazine rings is 1. The lowest BCUT2D eigenvalue weighted by molar-refractivity contribution is -0.129. The fraction of sp³-hybridized carbons (Fsp3) is 0.312. The van der Waals surface area contributed by atoms with E-state index in [1.807, 2.05) is 11.0 Å². The van der Waals surface area contributed by atoms with Crippen LogP contribution in [0.15, 0.2) is 30.5 Å². The molecule has 22 heavy (non-hydrogen) atoms. The Balaban J connectivity index is 1.95. The van der Waals surface area contributed by atoms with Crippen molar-refractivity contribution in [2.24, 2.45) is 0 Å². The second-order valence-electron chi connectivity index (χ2n) is 5.37. The molecule has 1 aliphatic rings. The molecule has 0 aliphatic carbocycles. The van der Waals surface area contributed by atoms with Crippen molar-refractivity contribution in [2.75, 3.05) is 31.1 Å². The summed E-state index contributed by atoms with van der Waals surface area (Å²) in [7, 11) is 0. The summed E-state index contributed by atoms with van der Waals surface area (Å²) in [6.07, 6.45) is 1.73. The molecule has 1 aliphatic heterocycles. The average molecular weight is 299 g/mol. The number of carboxylic acids is 1. The first-order valence-corrected chi connectivity index (χ1v) is 7.19. The van der Waals surface area contributed by atoms with E-state index in [-0.39, 0.29) is 11.5 Å². The Morgan fingerprint density at radius 2 is 1.86 bits per heavy atom. The Labute approximate surface area is 128 Å². The van der Waals surface area contributed by atoms with Crippen LogP contribution in [0.1, 0.15) is 17.3 Å². The second-order valence-corrected chi connectivity index (χ2v) is 5.37. The van der Waals surface area contributed by atoms with Gasteiger partial charge in [-0.25, -0.2) is 9.78 Å². The van der Waals surface area contributed by atoms with Crippen molar-refractivity contribution in [3.05, 3.63) is 36.0 Å². The number of carbonyl (C=O) groups is 2. The molecule has 1 fully saturated rings. The summed E-state index contributed by atoms with van der Waals surface area (Å²) < 4.78 is 0. The second kappa shape index (κ2) is 5.63. The topological polar surface area (TPSA) is 73.7 Å². The molecule has 1 saturated heterocycles. The molecule has 2 heterocycles. The number of aromatic carboxylic acids is 1. The molecule has 1 N–H and O–H groups in total. The number of aromatic nitrogens is 1. The van der Waals surface area contributed by atoms with Gasteiger partial charge in [-0.2, -0.15) is 0 Å². The van der Waals surface area contributed by atoms with E-state index in [1.165, 1.54) is 0 Å². The maximum Gasteiger partial charge on any atom is 0.335 e. The standard InChI is InChI=1S/C16H17N3O3/c1-11(20)18-6-8-19(9-7-18)15-14-10-13(16(21)22)3-2-12(14)4-5-17-15/h2-5,10H,6-9H2,1H3,(H,21,22). The van der Waals surface area contributed by atoms with Crippen molar-refractivity contribution in [1.29, 1.82) is 0 Å². The number of benzene rings is 1. The Morgan fingerprint density at radius 3 is 2.50 bits per heavy atom. The highest BCUT2D eigenvalue weighted by Crippen LogP contribution is 2.26. The number of anilines is 1. The van der Waals surface area contributed by atoms with Crippen molar-refractivity contribution >= 4 is 28.5 Å². The highest BCUT2D eigenvalue weighted by atomic mass is 16.4.